The molecule has 0 saturated carbocycles. The highest BCUT2D eigenvalue weighted by molar-refractivity contribution is 5.96. The lowest BCUT2D eigenvalue weighted by Crippen LogP contribution is -2.49. The van der Waals surface area contributed by atoms with Crippen molar-refractivity contribution in [2.75, 3.05) is 18.8 Å². The molecule has 0 amide bonds. The molecule has 26 heavy (non-hydrogen) atoms. The van der Waals surface area contributed by atoms with Gasteiger partial charge in [0.25, 0.3) is 0 Å². The maximum atomic E-state index is 6.26. The zero-order chi connectivity index (χ0) is 17.6. The van der Waals surface area contributed by atoms with Crippen LogP contribution in [-0.4, -0.2) is 23.9 Å². The van der Waals surface area contributed by atoms with Crippen molar-refractivity contribution in [2.24, 2.45) is 0 Å². The van der Waals surface area contributed by atoms with Crippen molar-refractivity contribution in [3.05, 3.63) is 54.1 Å². The van der Waals surface area contributed by atoms with Gasteiger partial charge in [-0.05, 0) is 29.7 Å². The molecule has 0 bridgehead atoms. The Labute approximate surface area is 152 Å². The molecule has 0 atom stereocenters. The second kappa shape index (κ2) is 5.97. The number of nitrogens with two attached hydrogens (primary N) is 1. The van der Waals surface area contributed by atoms with E-state index in [4.69, 9.17) is 15.2 Å². The predicted octanol–water partition coefficient (Wildman–Crippen LogP) is 3.47. The largest absolute Gasteiger partial charge is 0.462 e. The molecular formula is C21H21N3O2. The molecule has 5 rings (SSSR count). The van der Waals surface area contributed by atoms with Gasteiger partial charge in [-0.2, -0.15) is 0 Å². The number of piperidine rings is 1. The summed E-state index contributed by atoms with van der Waals surface area (Å²) in [7, 11) is 0. The fourth-order valence-electron chi connectivity index (χ4n) is 3.87. The minimum atomic E-state index is -0.470. The van der Waals surface area contributed by atoms with Crippen LogP contribution < -0.4 is 15.8 Å². The number of hydrogen-bond donors (Lipinski definition) is 2. The number of pyridine rings is 1. The fraction of sp³-hybridized carbons (Fsp3) is 0.286. The van der Waals surface area contributed by atoms with Crippen LogP contribution in [0.4, 0.5) is 5.82 Å². The molecule has 0 aliphatic carbocycles. The van der Waals surface area contributed by atoms with E-state index in [2.05, 4.69) is 34.6 Å². The smallest absolute Gasteiger partial charge is 0.213 e. The van der Waals surface area contributed by atoms with Crippen molar-refractivity contribution in [3.63, 3.8) is 0 Å². The molecule has 3 heterocycles. The second-order valence-corrected chi connectivity index (χ2v) is 6.99. The van der Waals surface area contributed by atoms with Crippen molar-refractivity contribution in [1.29, 1.82) is 0 Å². The monoisotopic (exact) mass is 347 g/mol. The van der Waals surface area contributed by atoms with Crippen molar-refractivity contribution in [1.82, 2.24) is 10.3 Å². The molecule has 2 aromatic carbocycles. The lowest BCUT2D eigenvalue weighted by Gasteiger charge is -2.41. The first-order valence-corrected chi connectivity index (χ1v) is 9.05. The Bertz CT molecular complexity index is 980. The van der Waals surface area contributed by atoms with Crippen LogP contribution in [0.5, 0.6) is 5.75 Å². The molecule has 1 spiro atoms. The normalized spacial score (nSPS) is 18.5. The number of hydrogen-bond acceptors (Lipinski definition) is 5. The molecule has 1 saturated heterocycles. The summed E-state index contributed by atoms with van der Waals surface area (Å²) in [4.78, 5) is 4.59. The van der Waals surface area contributed by atoms with Crippen LogP contribution in [0.2, 0.25) is 0 Å². The Balaban J connectivity index is 1.55. The first kappa shape index (κ1) is 15.6. The van der Waals surface area contributed by atoms with Gasteiger partial charge in [0, 0.05) is 42.4 Å². The average molecular weight is 347 g/mol. The zero-order valence-corrected chi connectivity index (χ0v) is 14.5. The summed E-state index contributed by atoms with van der Waals surface area (Å²) >= 11 is 0. The SMILES string of the molecule is Nc1cc2ccccc2c(-c2ccc3c(c2)COC2(CCNCC2)O3)n1. The van der Waals surface area contributed by atoms with E-state index in [0.717, 1.165) is 59.3 Å². The highest BCUT2D eigenvalue weighted by atomic mass is 16.7. The molecular weight excluding hydrogens is 326 g/mol. The van der Waals surface area contributed by atoms with Gasteiger partial charge in [0.2, 0.25) is 5.79 Å². The number of rotatable bonds is 1. The number of benzene rings is 2. The van der Waals surface area contributed by atoms with E-state index in [0.29, 0.717) is 12.4 Å². The Hall–Kier alpha value is -2.63. The van der Waals surface area contributed by atoms with Crippen LogP contribution in [0, 0.1) is 0 Å². The van der Waals surface area contributed by atoms with E-state index in [1.807, 2.05) is 24.3 Å². The molecule has 132 valence electrons. The lowest BCUT2D eigenvalue weighted by molar-refractivity contribution is -0.218. The highest BCUT2D eigenvalue weighted by Gasteiger charge is 2.38. The molecule has 5 nitrogen and oxygen atoms in total. The van der Waals surface area contributed by atoms with Crippen LogP contribution in [0.3, 0.4) is 0 Å². The van der Waals surface area contributed by atoms with Gasteiger partial charge < -0.3 is 20.5 Å². The molecule has 1 fully saturated rings. The van der Waals surface area contributed by atoms with E-state index >= 15 is 0 Å². The van der Waals surface area contributed by atoms with Crippen LogP contribution in [0.25, 0.3) is 22.0 Å². The molecule has 2 aliphatic heterocycles. The summed E-state index contributed by atoms with van der Waals surface area (Å²) in [5.41, 5.74) is 9.00. The topological polar surface area (TPSA) is 69.4 Å². The van der Waals surface area contributed by atoms with Gasteiger partial charge in [-0.1, -0.05) is 24.3 Å². The van der Waals surface area contributed by atoms with Gasteiger partial charge >= 0.3 is 0 Å². The second-order valence-electron chi connectivity index (χ2n) is 6.99. The van der Waals surface area contributed by atoms with E-state index in [-0.39, 0.29) is 0 Å². The summed E-state index contributed by atoms with van der Waals surface area (Å²) < 4.78 is 12.4. The third-order valence-electron chi connectivity index (χ3n) is 5.25. The Morgan fingerprint density at radius 3 is 2.77 bits per heavy atom. The summed E-state index contributed by atoms with van der Waals surface area (Å²) in [6.07, 6.45) is 1.74. The number of aromatic nitrogens is 1. The van der Waals surface area contributed by atoms with Gasteiger partial charge in [-0.25, -0.2) is 4.98 Å². The van der Waals surface area contributed by atoms with E-state index in [1.165, 1.54) is 0 Å². The minimum Gasteiger partial charge on any atom is -0.462 e. The summed E-state index contributed by atoms with van der Waals surface area (Å²) in [6, 6.07) is 16.3. The van der Waals surface area contributed by atoms with Gasteiger partial charge in [0.1, 0.15) is 11.6 Å². The number of nitrogens with zero attached hydrogens (tertiary/aromatic N) is 1. The fourth-order valence-corrected chi connectivity index (χ4v) is 3.87. The molecule has 3 N–H and O–H groups in total. The van der Waals surface area contributed by atoms with Gasteiger partial charge in [0.15, 0.2) is 0 Å². The van der Waals surface area contributed by atoms with E-state index in [1.54, 1.807) is 0 Å². The third kappa shape index (κ3) is 2.60. The van der Waals surface area contributed by atoms with Gasteiger partial charge in [-0.3, -0.25) is 0 Å². The summed E-state index contributed by atoms with van der Waals surface area (Å²) in [5, 5.41) is 5.54. The van der Waals surface area contributed by atoms with E-state index in [9.17, 15) is 0 Å². The molecule has 1 aromatic heterocycles. The minimum absolute atomic E-state index is 0.470. The molecule has 5 heteroatoms. The maximum absolute atomic E-state index is 6.26. The third-order valence-corrected chi connectivity index (χ3v) is 5.25. The Kier molecular flexibility index (Phi) is 3.58. The molecule has 2 aliphatic rings. The quantitative estimate of drug-likeness (QED) is 0.705. The first-order chi connectivity index (χ1) is 12.7. The molecule has 0 radical (unpaired) electrons. The van der Waals surface area contributed by atoms with Crippen LogP contribution in [0.15, 0.2) is 48.5 Å². The average Bonchev–Trinajstić information content (AvgIpc) is 2.67. The van der Waals surface area contributed by atoms with Crippen molar-refractivity contribution in [2.45, 2.75) is 25.2 Å². The van der Waals surface area contributed by atoms with Crippen molar-refractivity contribution < 1.29 is 9.47 Å². The number of anilines is 1. The number of ether oxygens (including phenoxy) is 2. The van der Waals surface area contributed by atoms with Crippen molar-refractivity contribution >= 4 is 16.6 Å². The number of nitrogen functional groups attached to an aromatic ring is 1. The predicted molar refractivity (Wildman–Crippen MR) is 102 cm³/mol. The lowest BCUT2D eigenvalue weighted by atomic mass is 9.99. The zero-order valence-electron chi connectivity index (χ0n) is 14.5. The molecule has 3 aromatic rings. The Morgan fingerprint density at radius 1 is 1.04 bits per heavy atom. The van der Waals surface area contributed by atoms with Crippen LogP contribution in [-0.2, 0) is 11.3 Å². The van der Waals surface area contributed by atoms with Gasteiger partial charge in [-0.15, -0.1) is 0 Å². The van der Waals surface area contributed by atoms with Crippen LogP contribution >= 0.6 is 0 Å². The standard InChI is InChI=1S/C21H21N3O2/c22-19-12-14-3-1-2-4-17(14)20(24-19)15-5-6-18-16(11-15)13-25-21(26-18)7-9-23-10-8-21/h1-6,11-12,23H,7-10,13H2,(H2,22,24). The maximum Gasteiger partial charge on any atom is 0.213 e. The van der Waals surface area contributed by atoms with Gasteiger partial charge in [0.05, 0.1) is 12.3 Å². The number of nitrogens with one attached hydrogen (secondary N) is 1. The van der Waals surface area contributed by atoms with Crippen LogP contribution in [0.1, 0.15) is 18.4 Å². The molecule has 0 unspecified atom stereocenters. The first-order valence-electron chi connectivity index (χ1n) is 9.05. The number of fused-ring (bicyclic) bond motifs is 2. The van der Waals surface area contributed by atoms with E-state index < -0.39 is 5.79 Å². The highest BCUT2D eigenvalue weighted by Crippen LogP contribution is 2.39. The Morgan fingerprint density at radius 2 is 1.88 bits per heavy atom. The summed E-state index contributed by atoms with van der Waals surface area (Å²) in [6.45, 7) is 2.41. The summed E-state index contributed by atoms with van der Waals surface area (Å²) in [5.74, 6) is 0.967. The van der Waals surface area contributed by atoms with Crippen molar-refractivity contribution in [3.8, 4) is 17.0 Å².